The highest BCUT2D eigenvalue weighted by Crippen LogP contribution is 2.41. The van der Waals surface area contributed by atoms with E-state index in [9.17, 15) is 9.90 Å². The number of fused-ring (bicyclic) bond motifs is 1. The molecule has 3 nitrogen and oxygen atoms in total. The number of hydrogen-bond donors (Lipinski definition) is 1. The lowest BCUT2D eigenvalue weighted by molar-refractivity contribution is 0.104. The Balaban J connectivity index is 1.58. The Morgan fingerprint density at radius 2 is 1.73 bits per heavy atom. The van der Waals surface area contributed by atoms with Crippen LogP contribution in [0.1, 0.15) is 40.9 Å². The summed E-state index contributed by atoms with van der Waals surface area (Å²) < 4.78 is 7.01. The zero-order valence-electron chi connectivity index (χ0n) is 16.5. The highest BCUT2D eigenvalue weighted by molar-refractivity contribution is 7.21. The molecule has 1 aliphatic rings. The summed E-state index contributed by atoms with van der Waals surface area (Å²) in [6.45, 7) is 0. The van der Waals surface area contributed by atoms with Crippen molar-refractivity contribution in [2.75, 3.05) is 0 Å². The van der Waals surface area contributed by atoms with Crippen LogP contribution in [0, 0.1) is 0 Å². The van der Waals surface area contributed by atoms with Crippen LogP contribution < -0.4 is 4.74 Å². The van der Waals surface area contributed by atoms with Gasteiger partial charge in [-0.15, -0.1) is 11.3 Å². The molecule has 1 N–H and O–H groups in total. The van der Waals surface area contributed by atoms with Gasteiger partial charge in [0.15, 0.2) is 0 Å². The molecule has 0 aliphatic heterocycles. The molecule has 1 saturated carbocycles. The Morgan fingerprint density at radius 3 is 2.53 bits per heavy atom. The summed E-state index contributed by atoms with van der Waals surface area (Å²) in [5.41, 5.74) is 2.54. The van der Waals surface area contributed by atoms with Crippen LogP contribution in [0.25, 0.3) is 21.2 Å². The van der Waals surface area contributed by atoms with Crippen LogP contribution in [-0.4, -0.2) is 17.0 Å². The largest absolute Gasteiger partial charge is 0.508 e. The molecule has 4 aromatic rings. The molecule has 1 aliphatic carbocycles. The first-order valence-electron chi connectivity index (χ1n) is 10.3. The second kappa shape index (κ2) is 7.96. The summed E-state index contributed by atoms with van der Waals surface area (Å²) in [6, 6.07) is 22.8. The molecular weight excluding hydrogens is 392 g/mol. The zero-order chi connectivity index (χ0) is 20.5. The van der Waals surface area contributed by atoms with Crippen molar-refractivity contribution >= 4 is 27.2 Å². The van der Waals surface area contributed by atoms with Crippen LogP contribution in [0.3, 0.4) is 0 Å². The standard InChI is InChI=1S/C26H22O3S/c27-19-13-14-22-23(16-19)30-26(24(22)17-7-2-1-3-8-17)25(28)18-9-6-12-21(15-18)29-20-10-4-5-11-20/h1-3,6-9,12-16,20,27H,4-5,10-11H2. The van der Waals surface area contributed by atoms with E-state index in [0.29, 0.717) is 10.4 Å². The average Bonchev–Trinajstić information content (AvgIpc) is 3.41. The number of phenolic OH excluding ortho intramolecular Hbond substituents is 1. The van der Waals surface area contributed by atoms with E-state index in [4.69, 9.17) is 4.74 Å². The fraction of sp³-hybridized carbons (Fsp3) is 0.192. The van der Waals surface area contributed by atoms with E-state index < -0.39 is 0 Å². The van der Waals surface area contributed by atoms with E-state index in [0.717, 1.165) is 39.8 Å². The van der Waals surface area contributed by atoms with Gasteiger partial charge in [0.1, 0.15) is 11.5 Å². The van der Waals surface area contributed by atoms with Crippen molar-refractivity contribution in [1.82, 2.24) is 0 Å². The SMILES string of the molecule is O=C(c1cccc(OC2CCCC2)c1)c1sc2cc(O)ccc2c1-c1ccccc1. The summed E-state index contributed by atoms with van der Waals surface area (Å²) in [5, 5.41) is 10.9. The molecule has 0 atom stereocenters. The van der Waals surface area contributed by atoms with E-state index in [-0.39, 0.29) is 17.6 Å². The first kappa shape index (κ1) is 18.9. The molecule has 0 saturated heterocycles. The Bertz CT molecular complexity index is 1200. The molecule has 0 amide bonds. The number of benzene rings is 3. The normalized spacial score (nSPS) is 14.3. The van der Waals surface area contributed by atoms with Gasteiger partial charge in [-0.2, -0.15) is 0 Å². The van der Waals surface area contributed by atoms with Crippen LogP contribution in [0.2, 0.25) is 0 Å². The van der Waals surface area contributed by atoms with Crippen LogP contribution in [-0.2, 0) is 0 Å². The lowest BCUT2D eigenvalue weighted by Crippen LogP contribution is -2.11. The summed E-state index contributed by atoms with van der Waals surface area (Å²) in [6.07, 6.45) is 4.82. The van der Waals surface area contributed by atoms with Gasteiger partial charge in [-0.3, -0.25) is 4.79 Å². The Labute approximate surface area is 179 Å². The molecule has 4 heteroatoms. The number of ketones is 1. The molecule has 150 valence electrons. The van der Waals surface area contributed by atoms with E-state index in [1.807, 2.05) is 60.7 Å². The molecule has 1 aromatic heterocycles. The lowest BCUT2D eigenvalue weighted by atomic mass is 9.98. The van der Waals surface area contributed by atoms with Gasteiger partial charge in [0.2, 0.25) is 5.78 Å². The molecule has 5 rings (SSSR count). The second-order valence-corrected chi connectivity index (χ2v) is 8.79. The number of ether oxygens (including phenoxy) is 1. The molecule has 3 aromatic carbocycles. The minimum Gasteiger partial charge on any atom is -0.508 e. The third-order valence-corrected chi connectivity index (χ3v) is 6.79. The fourth-order valence-corrected chi connectivity index (χ4v) is 5.40. The van der Waals surface area contributed by atoms with Gasteiger partial charge in [-0.25, -0.2) is 0 Å². The summed E-state index contributed by atoms with van der Waals surface area (Å²) >= 11 is 1.42. The lowest BCUT2D eigenvalue weighted by Gasteiger charge is -2.13. The van der Waals surface area contributed by atoms with E-state index in [2.05, 4.69) is 0 Å². The first-order valence-corrected chi connectivity index (χ1v) is 11.1. The Hall–Kier alpha value is -3.11. The third kappa shape index (κ3) is 3.59. The third-order valence-electron chi connectivity index (χ3n) is 5.64. The minimum atomic E-state index is -0.0218. The molecule has 1 fully saturated rings. The van der Waals surface area contributed by atoms with Crippen molar-refractivity contribution in [3.05, 3.63) is 83.2 Å². The number of rotatable bonds is 5. The highest BCUT2D eigenvalue weighted by Gasteiger charge is 2.22. The quantitative estimate of drug-likeness (QED) is 0.364. The topological polar surface area (TPSA) is 46.5 Å². The van der Waals surface area contributed by atoms with Crippen LogP contribution in [0.4, 0.5) is 0 Å². The maximum Gasteiger partial charge on any atom is 0.203 e. The molecule has 0 unspecified atom stereocenters. The summed E-state index contributed by atoms with van der Waals surface area (Å²) in [4.78, 5) is 14.3. The van der Waals surface area contributed by atoms with Gasteiger partial charge in [-0.1, -0.05) is 42.5 Å². The van der Waals surface area contributed by atoms with Crippen molar-refractivity contribution in [3.8, 4) is 22.6 Å². The van der Waals surface area contributed by atoms with Gasteiger partial charge in [0.05, 0.1) is 11.0 Å². The van der Waals surface area contributed by atoms with E-state index >= 15 is 0 Å². The van der Waals surface area contributed by atoms with E-state index in [1.54, 1.807) is 12.1 Å². The first-order chi connectivity index (χ1) is 14.7. The van der Waals surface area contributed by atoms with Gasteiger partial charge >= 0.3 is 0 Å². The predicted molar refractivity (Wildman–Crippen MR) is 122 cm³/mol. The van der Waals surface area contributed by atoms with Crippen LogP contribution in [0.15, 0.2) is 72.8 Å². The molecule has 1 heterocycles. The number of carbonyl (C=O) groups excluding carboxylic acids is 1. The maximum atomic E-state index is 13.6. The molecule has 30 heavy (non-hydrogen) atoms. The van der Waals surface area contributed by atoms with E-state index in [1.165, 1.54) is 24.2 Å². The van der Waals surface area contributed by atoms with Gasteiger partial charge < -0.3 is 9.84 Å². The van der Waals surface area contributed by atoms with Crippen molar-refractivity contribution in [2.45, 2.75) is 31.8 Å². The molecule has 0 radical (unpaired) electrons. The smallest absolute Gasteiger partial charge is 0.203 e. The molecule has 0 spiro atoms. The summed E-state index contributed by atoms with van der Waals surface area (Å²) in [5.74, 6) is 0.938. The number of carbonyl (C=O) groups is 1. The van der Waals surface area contributed by atoms with Crippen molar-refractivity contribution in [2.24, 2.45) is 0 Å². The summed E-state index contributed by atoms with van der Waals surface area (Å²) in [7, 11) is 0. The number of hydrogen-bond acceptors (Lipinski definition) is 4. The second-order valence-electron chi connectivity index (χ2n) is 7.73. The maximum absolute atomic E-state index is 13.6. The van der Waals surface area contributed by atoms with Crippen LogP contribution >= 0.6 is 11.3 Å². The Kier molecular flexibility index (Phi) is 5.01. The predicted octanol–water partition coefficient (Wildman–Crippen LogP) is 6.83. The number of aromatic hydroxyl groups is 1. The van der Waals surface area contributed by atoms with Crippen molar-refractivity contribution in [1.29, 1.82) is 0 Å². The molecule has 0 bridgehead atoms. The molecular formula is C26H22O3S. The van der Waals surface area contributed by atoms with Gasteiger partial charge in [0.25, 0.3) is 0 Å². The number of thiophene rings is 1. The number of phenols is 1. The van der Waals surface area contributed by atoms with Crippen molar-refractivity contribution in [3.63, 3.8) is 0 Å². The monoisotopic (exact) mass is 414 g/mol. The Morgan fingerprint density at radius 1 is 0.933 bits per heavy atom. The fourth-order valence-electron chi connectivity index (χ4n) is 4.18. The van der Waals surface area contributed by atoms with Gasteiger partial charge in [-0.05, 0) is 61.6 Å². The van der Waals surface area contributed by atoms with Crippen LogP contribution in [0.5, 0.6) is 11.5 Å². The zero-order valence-corrected chi connectivity index (χ0v) is 17.3. The average molecular weight is 415 g/mol. The highest BCUT2D eigenvalue weighted by atomic mass is 32.1. The minimum absolute atomic E-state index is 0.0218. The van der Waals surface area contributed by atoms with Gasteiger partial charge in [0, 0.05) is 21.2 Å². The van der Waals surface area contributed by atoms with Crippen molar-refractivity contribution < 1.29 is 14.6 Å².